The van der Waals surface area contributed by atoms with E-state index in [1.54, 1.807) is 21.3 Å². The quantitative estimate of drug-likeness (QED) is 0.509. The van der Waals surface area contributed by atoms with Crippen LogP contribution in [-0.4, -0.2) is 27.0 Å². The molecule has 6 heteroatoms. The summed E-state index contributed by atoms with van der Waals surface area (Å²) in [5, 5.41) is 7.72. The summed E-state index contributed by atoms with van der Waals surface area (Å²) in [5.41, 5.74) is 4.09. The minimum absolute atomic E-state index is 0.0215. The van der Waals surface area contributed by atoms with E-state index in [2.05, 4.69) is 12.1 Å². The van der Waals surface area contributed by atoms with Crippen molar-refractivity contribution in [2.75, 3.05) is 26.3 Å². The van der Waals surface area contributed by atoms with Gasteiger partial charge >= 0.3 is 0 Å². The van der Waals surface area contributed by atoms with Gasteiger partial charge in [0.15, 0.2) is 11.5 Å². The second-order valence-corrected chi connectivity index (χ2v) is 7.35. The zero-order chi connectivity index (χ0) is 21.1. The standard InChI is InChI=1S/C24H23ClN2O3/c1-28-22-13-17(14-23(29-2)24(22)30-3)21-15-20(16-9-11-18(25)12-10-16)26-27(21)19-7-5-4-6-8-19/h4-14,21H,15H2,1-3H3/t21-/m0/s1. The minimum Gasteiger partial charge on any atom is -0.493 e. The normalized spacial score (nSPS) is 15.7. The molecule has 154 valence electrons. The van der Waals surface area contributed by atoms with Crippen LogP contribution in [0.25, 0.3) is 0 Å². The monoisotopic (exact) mass is 422 g/mol. The average molecular weight is 423 g/mol. The van der Waals surface area contributed by atoms with Gasteiger partial charge < -0.3 is 14.2 Å². The first-order chi connectivity index (χ1) is 14.6. The lowest BCUT2D eigenvalue weighted by atomic mass is 9.97. The molecule has 1 atom stereocenters. The van der Waals surface area contributed by atoms with E-state index in [1.165, 1.54) is 0 Å². The molecular formula is C24H23ClN2O3. The average Bonchev–Trinajstić information content (AvgIpc) is 3.24. The van der Waals surface area contributed by atoms with Crippen molar-refractivity contribution in [1.82, 2.24) is 0 Å². The van der Waals surface area contributed by atoms with Crippen molar-refractivity contribution in [3.05, 3.63) is 82.9 Å². The molecule has 0 bridgehead atoms. The van der Waals surface area contributed by atoms with E-state index in [0.29, 0.717) is 22.3 Å². The van der Waals surface area contributed by atoms with E-state index in [-0.39, 0.29) is 6.04 Å². The number of benzene rings is 3. The van der Waals surface area contributed by atoms with E-state index < -0.39 is 0 Å². The summed E-state index contributed by atoms with van der Waals surface area (Å²) in [7, 11) is 4.86. The molecule has 0 fully saturated rings. The van der Waals surface area contributed by atoms with Gasteiger partial charge in [-0.2, -0.15) is 5.10 Å². The second kappa shape index (κ2) is 8.67. The van der Waals surface area contributed by atoms with Crippen molar-refractivity contribution in [1.29, 1.82) is 0 Å². The lowest BCUT2D eigenvalue weighted by molar-refractivity contribution is 0.323. The van der Waals surface area contributed by atoms with Crippen LogP contribution >= 0.6 is 11.6 Å². The Morgan fingerprint density at radius 1 is 0.867 bits per heavy atom. The third kappa shape index (κ3) is 3.81. The predicted molar refractivity (Wildman–Crippen MR) is 120 cm³/mol. The summed E-state index contributed by atoms with van der Waals surface area (Å²) < 4.78 is 16.6. The van der Waals surface area contributed by atoms with Crippen molar-refractivity contribution < 1.29 is 14.2 Å². The molecule has 3 aromatic rings. The number of para-hydroxylation sites is 1. The molecule has 0 saturated carbocycles. The maximum Gasteiger partial charge on any atom is 0.203 e. The van der Waals surface area contributed by atoms with Gasteiger partial charge in [0.1, 0.15) is 0 Å². The van der Waals surface area contributed by atoms with Gasteiger partial charge in [0.25, 0.3) is 0 Å². The molecule has 0 saturated heterocycles. The highest BCUT2D eigenvalue weighted by Gasteiger charge is 2.31. The zero-order valence-electron chi connectivity index (χ0n) is 17.1. The van der Waals surface area contributed by atoms with Gasteiger partial charge in [0.05, 0.1) is 38.8 Å². The van der Waals surface area contributed by atoms with Gasteiger partial charge in [0, 0.05) is 11.4 Å². The highest BCUT2D eigenvalue weighted by molar-refractivity contribution is 6.30. The summed E-state index contributed by atoms with van der Waals surface area (Å²) in [6.45, 7) is 0. The maximum atomic E-state index is 6.07. The summed E-state index contributed by atoms with van der Waals surface area (Å²) in [6.07, 6.45) is 0.731. The van der Waals surface area contributed by atoms with Crippen LogP contribution in [0.2, 0.25) is 5.02 Å². The Bertz CT molecular complexity index is 1030. The van der Waals surface area contributed by atoms with Crippen molar-refractivity contribution >= 4 is 23.0 Å². The fourth-order valence-electron chi connectivity index (χ4n) is 3.70. The fraction of sp³-hybridized carbons (Fsp3) is 0.208. The van der Waals surface area contributed by atoms with Gasteiger partial charge in [-0.05, 0) is 47.5 Å². The number of halogens is 1. The van der Waals surface area contributed by atoms with Gasteiger partial charge in [-0.3, -0.25) is 5.01 Å². The number of hydrogen-bond donors (Lipinski definition) is 0. The molecule has 1 aliphatic heterocycles. The molecule has 0 amide bonds. The van der Waals surface area contributed by atoms with Crippen LogP contribution in [0.4, 0.5) is 5.69 Å². The topological polar surface area (TPSA) is 43.3 Å². The molecule has 0 aliphatic carbocycles. The van der Waals surface area contributed by atoms with E-state index >= 15 is 0 Å². The number of rotatable bonds is 6. The molecule has 0 unspecified atom stereocenters. The first-order valence-electron chi connectivity index (χ1n) is 9.62. The SMILES string of the molecule is COc1cc([C@@H]2CC(c3ccc(Cl)cc3)=NN2c2ccccc2)cc(OC)c1OC. The number of ether oxygens (including phenoxy) is 3. The Hall–Kier alpha value is -3.18. The molecule has 0 aromatic heterocycles. The number of anilines is 1. The van der Waals surface area contributed by atoms with Crippen molar-refractivity contribution in [2.24, 2.45) is 5.10 Å². The minimum atomic E-state index is -0.0215. The molecule has 4 rings (SSSR count). The molecule has 0 N–H and O–H groups in total. The largest absolute Gasteiger partial charge is 0.493 e. The highest BCUT2D eigenvalue weighted by atomic mass is 35.5. The van der Waals surface area contributed by atoms with E-state index in [4.69, 9.17) is 30.9 Å². The first kappa shape index (κ1) is 20.1. The van der Waals surface area contributed by atoms with Gasteiger partial charge in [-0.1, -0.05) is 41.9 Å². The van der Waals surface area contributed by atoms with Gasteiger partial charge in [-0.15, -0.1) is 0 Å². The lowest BCUT2D eigenvalue weighted by Crippen LogP contribution is -2.18. The van der Waals surface area contributed by atoms with Crippen LogP contribution in [0.5, 0.6) is 17.2 Å². The summed E-state index contributed by atoms with van der Waals surface area (Å²) >= 11 is 6.07. The Kier molecular flexibility index (Phi) is 5.81. The Morgan fingerprint density at radius 2 is 1.50 bits per heavy atom. The number of hydrogen-bond acceptors (Lipinski definition) is 5. The molecule has 3 aromatic carbocycles. The van der Waals surface area contributed by atoms with E-state index in [0.717, 1.165) is 28.9 Å². The first-order valence-corrected chi connectivity index (χ1v) is 10.00. The van der Waals surface area contributed by atoms with Crippen LogP contribution in [-0.2, 0) is 0 Å². The van der Waals surface area contributed by atoms with Crippen LogP contribution < -0.4 is 19.2 Å². The van der Waals surface area contributed by atoms with Crippen LogP contribution in [0, 0.1) is 0 Å². The van der Waals surface area contributed by atoms with E-state index in [9.17, 15) is 0 Å². The molecule has 1 heterocycles. The van der Waals surface area contributed by atoms with Crippen LogP contribution in [0.1, 0.15) is 23.6 Å². The molecule has 1 aliphatic rings. The van der Waals surface area contributed by atoms with Crippen LogP contribution in [0.15, 0.2) is 71.8 Å². The number of hydrazone groups is 1. The zero-order valence-corrected chi connectivity index (χ0v) is 17.9. The summed E-state index contributed by atoms with van der Waals surface area (Å²) in [5.74, 6) is 1.83. The maximum absolute atomic E-state index is 6.07. The highest BCUT2D eigenvalue weighted by Crippen LogP contribution is 2.44. The van der Waals surface area contributed by atoms with Crippen LogP contribution in [0.3, 0.4) is 0 Å². The molecule has 5 nitrogen and oxygen atoms in total. The fourth-order valence-corrected chi connectivity index (χ4v) is 3.83. The Morgan fingerprint density at radius 3 is 2.07 bits per heavy atom. The summed E-state index contributed by atoms with van der Waals surface area (Å²) in [4.78, 5) is 0. The van der Waals surface area contributed by atoms with Crippen molar-refractivity contribution in [3.8, 4) is 17.2 Å². The van der Waals surface area contributed by atoms with E-state index in [1.807, 2.05) is 59.6 Å². The Balaban J connectivity index is 1.79. The molecule has 0 radical (unpaired) electrons. The third-order valence-electron chi connectivity index (χ3n) is 5.18. The lowest BCUT2D eigenvalue weighted by Gasteiger charge is -2.25. The van der Waals surface area contributed by atoms with Crippen molar-refractivity contribution in [3.63, 3.8) is 0 Å². The van der Waals surface area contributed by atoms with Gasteiger partial charge in [0.2, 0.25) is 5.75 Å². The number of nitrogens with zero attached hydrogens (tertiary/aromatic N) is 2. The van der Waals surface area contributed by atoms with Crippen molar-refractivity contribution in [2.45, 2.75) is 12.5 Å². The second-order valence-electron chi connectivity index (χ2n) is 6.91. The molecular weight excluding hydrogens is 400 g/mol. The molecule has 0 spiro atoms. The number of methoxy groups -OCH3 is 3. The smallest absolute Gasteiger partial charge is 0.203 e. The summed E-state index contributed by atoms with van der Waals surface area (Å²) in [6, 6.07) is 21.9. The third-order valence-corrected chi connectivity index (χ3v) is 5.43. The van der Waals surface area contributed by atoms with Gasteiger partial charge in [-0.25, -0.2) is 0 Å². The molecule has 30 heavy (non-hydrogen) atoms. The Labute approximate surface area is 181 Å². The predicted octanol–water partition coefficient (Wildman–Crippen LogP) is 5.72.